The molecule has 0 bridgehead atoms. The van der Waals surface area contributed by atoms with Crippen LogP contribution >= 0.6 is 0 Å². The molecule has 1 aliphatic carbocycles. The minimum absolute atomic E-state index is 0.0303. The molecule has 1 N–H and O–H groups in total. The molecule has 0 spiro atoms. The Hall–Kier alpha value is -1.58. The number of hydrogen-bond donors (Lipinski definition) is 1. The van der Waals surface area contributed by atoms with Crippen molar-refractivity contribution in [2.75, 3.05) is 0 Å². The van der Waals surface area contributed by atoms with Gasteiger partial charge in [0.15, 0.2) is 6.29 Å². The van der Waals surface area contributed by atoms with Gasteiger partial charge in [-0.15, -0.1) is 0 Å². The van der Waals surface area contributed by atoms with Gasteiger partial charge < -0.3 is 9.52 Å². The molecule has 1 aromatic heterocycles. The van der Waals surface area contributed by atoms with Gasteiger partial charge in [-0.25, -0.2) is 4.79 Å². The van der Waals surface area contributed by atoms with E-state index in [9.17, 15) is 9.59 Å². The number of carbonyl (C=O) groups is 2. The highest BCUT2D eigenvalue weighted by Crippen LogP contribution is 2.44. The van der Waals surface area contributed by atoms with E-state index in [4.69, 9.17) is 9.52 Å². The van der Waals surface area contributed by atoms with Crippen LogP contribution in [0.5, 0.6) is 0 Å². The van der Waals surface area contributed by atoms with Crippen LogP contribution in [0, 0.1) is 0 Å². The van der Waals surface area contributed by atoms with E-state index >= 15 is 0 Å². The van der Waals surface area contributed by atoms with E-state index < -0.39 is 5.97 Å². The fraction of sp³-hybridized carbons (Fsp3) is 0.500. The van der Waals surface area contributed by atoms with Gasteiger partial charge >= 0.3 is 5.97 Å². The Labute approximate surface area is 93.3 Å². The predicted octanol–water partition coefficient (Wildman–Crippen LogP) is 2.79. The van der Waals surface area contributed by atoms with Crippen molar-refractivity contribution in [1.82, 2.24) is 0 Å². The summed E-state index contributed by atoms with van der Waals surface area (Å²) in [7, 11) is 0. The zero-order valence-electron chi connectivity index (χ0n) is 9.32. The van der Waals surface area contributed by atoms with Crippen molar-refractivity contribution in [3.63, 3.8) is 0 Å². The van der Waals surface area contributed by atoms with Crippen molar-refractivity contribution in [1.29, 1.82) is 0 Å². The Morgan fingerprint density at radius 2 is 2.12 bits per heavy atom. The lowest BCUT2D eigenvalue weighted by molar-refractivity contribution is 0.0691. The van der Waals surface area contributed by atoms with Crippen LogP contribution in [0.2, 0.25) is 0 Å². The molecule has 1 saturated carbocycles. The SMILES string of the molecule is CC(C)c1oc(C2CC2)c(C=O)c1C(=O)O. The molecular formula is C12H14O4. The van der Waals surface area contributed by atoms with Crippen LogP contribution in [-0.2, 0) is 0 Å². The minimum atomic E-state index is -1.08. The van der Waals surface area contributed by atoms with Crippen LogP contribution in [0.15, 0.2) is 4.42 Å². The molecule has 1 aromatic rings. The number of hydrogen-bond acceptors (Lipinski definition) is 3. The summed E-state index contributed by atoms with van der Waals surface area (Å²) in [6.07, 6.45) is 2.56. The van der Waals surface area contributed by atoms with Gasteiger partial charge in [-0.2, -0.15) is 0 Å². The molecule has 0 aliphatic heterocycles. The average molecular weight is 222 g/mol. The lowest BCUT2D eigenvalue weighted by atomic mass is 10.0. The summed E-state index contributed by atoms with van der Waals surface area (Å²) < 4.78 is 5.57. The maximum atomic E-state index is 11.1. The van der Waals surface area contributed by atoms with Gasteiger partial charge in [0.1, 0.15) is 17.1 Å². The Morgan fingerprint density at radius 1 is 1.50 bits per heavy atom. The maximum absolute atomic E-state index is 11.1. The van der Waals surface area contributed by atoms with Crippen molar-refractivity contribution in [2.45, 2.75) is 38.5 Å². The highest BCUT2D eigenvalue weighted by Gasteiger charge is 2.35. The van der Waals surface area contributed by atoms with Crippen LogP contribution in [-0.4, -0.2) is 17.4 Å². The van der Waals surface area contributed by atoms with Crippen LogP contribution in [0.1, 0.15) is 70.8 Å². The monoisotopic (exact) mass is 222 g/mol. The summed E-state index contributed by atoms with van der Waals surface area (Å²) in [6, 6.07) is 0. The Balaban J connectivity index is 2.60. The Kier molecular flexibility index (Phi) is 2.58. The third-order valence-corrected chi connectivity index (χ3v) is 2.81. The second kappa shape index (κ2) is 3.77. The first-order valence-electron chi connectivity index (χ1n) is 5.41. The Morgan fingerprint density at radius 3 is 2.50 bits per heavy atom. The largest absolute Gasteiger partial charge is 0.478 e. The second-order valence-corrected chi connectivity index (χ2v) is 4.47. The molecule has 0 aromatic carbocycles. The fourth-order valence-corrected chi connectivity index (χ4v) is 1.87. The van der Waals surface area contributed by atoms with E-state index in [-0.39, 0.29) is 23.0 Å². The lowest BCUT2D eigenvalue weighted by Gasteiger charge is -2.01. The van der Waals surface area contributed by atoms with Gasteiger partial charge in [0.2, 0.25) is 0 Å². The molecule has 2 rings (SSSR count). The maximum Gasteiger partial charge on any atom is 0.340 e. The van der Waals surface area contributed by atoms with Crippen molar-refractivity contribution in [3.8, 4) is 0 Å². The van der Waals surface area contributed by atoms with Gasteiger partial charge in [0, 0.05) is 11.8 Å². The minimum Gasteiger partial charge on any atom is -0.478 e. The molecule has 0 radical (unpaired) electrons. The molecule has 1 aliphatic rings. The first-order valence-corrected chi connectivity index (χ1v) is 5.41. The molecular weight excluding hydrogens is 208 g/mol. The third kappa shape index (κ3) is 1.64. The number of carboxylic acids is 1. The van der Waals surface area contributed by atoms with Crippen LogP contribution in [0.4, 0.5) is 0 Å². The molecule has 0 unspecified atom stereocenters. The summed E-state index contributed by atoms with van der Waals surface area (Å²) in [4.78, 5) is 22.1. The molecule has 86 valence electrons. The van der Waals surface area contributed by atoms with Gasteiger partial charge in [0.25, 0.3) is 0 Å². The molecule has 0 atom stereocenters. The fourth-order valence-electron chi connectivity index (χ4n) is 1.87. The van der Waals surface area contributed by atoms with Crippen molar-refractivity contribution < 1.29 is 19.1 Å². The third-order valence-electron chi connectivity index (χ3n) is 2.81. The van der Waals surface area contributed by atoms with E-state index in [1.165, 1.54) is 0 Å². The smallest absolute Gasteiger partial charge is 0.340 e. The van der Waals surface area contributed by atoms with Gasteiger partial charge in [-0.05, 0) is 12.8 Å². The second-order valence-electron chi connectivity index (χ2n) is 4.47. The average Bonchev–Trinajstić information content (AvgIpc) is 2.96. The highest BCUT2D eigenvalue weighted by molar-refractivity contribution is 5.99. The first-order chi connectivity index (χ1) is 7.56. The summed E-state index contributed by atoms with van der Waals surface area (Å²) >= 11 is 0. The summed E-state index contributed by atoms with van der Waals surface area (Å²) in [5.74, 6) is 0.108. The number of aromatic carboxylic acids is 1. The predicted molar refractivity (Wildman–Crippen MR) is 57.1 cm³/mol. The topological polar surface area (TPSA) is 67.5 Å². The van der Waals surface area contributed by atoms with Crippen molar-refractivity contribution in [2.24, 2.45) is 0 Å². The van der Waals surface area contributed by atoms with E-state index in [0.29, 0.717) is 17.8 Å². The number of rotatable bonds is 4. The molecule has 1 heterocycles. The zero-order chi connectivity index (χ0) is 11.9. The molecule has 4 nitrogen and oxygen atoms in total. The van der Waals surface area contributed by atoms with Crippen LogP contribution < -0.4 is 0 Å². The van der Waals surface area contributed by atoms with E-state index in [0.717, 1.165) is 12.8 Å². The highest BCUT2D eigenvalue weighted by atomic mass is 16.4. The van der Waals surface area contributed by atoms with E-state index in [2.05, 4.69) is 0 Å². The van der Waals surface area contributed by atoms with Crippen molar-refractivity contribution in [3.05, 3.63) is 22.6 Å². The van der Waals surface area contributed by atoms with Crippen LogP contribution in [0.3, 0.4) is 0 Å². The van der Waals surface area contributed by atoms with E-state index in [1.54, 1.807) is 0 Å². The number of carboxylic acid groups (broad SMARTS) is 1. The van der Waals surface area contributed by atoms with Crippen molar-refractivity contribution >= 4 is 12.3 Å². The van der Waals surface area contributed by atoms with Gasteiger partial charge in [-0.1, -0.05) is 13.8 Å². The Bertz CT molecular complexity index is 438. The van der Waals surface area contributed by atoms with E-state index in [1.807, 2.05) is 13.8 Å². The molecule has 4 heteroatoms. The zero-order valence-corrected chi connectivity index (χ0v) is 9.32. The number of carbonyl (C=O) groups excluding carboxylic acids is 1. The first kappa shape index (κ1) is 10.9. The normalized spacial score (nSPS) is 15.4. The molecule has 0 saturated heterocycles. The number of aldehydes is 1. The molecule has 1 fully saturated rings. The van der Waals surface area contributed by atoms with Gasteiger partial charge in [0.05, 0.1) is 5.56 Å². The summed E-state index contributed by atoms with van der Waals surface area (Å²) in [5.41, 5.74) is 0.283. The molecule has 0 amide bonds. The molecule has 16 heavy (non-hydrogen) atoms. The summed E-state index contributed by atoms with van der Waals surface area (Å²) in [6.45, 7) is 3.72. The van der Waals surface area contributed by atoms with Gasteiger partial charge in [-0.3, -0.25) is 4.79 Å². The quantitative estimate of drug-likeness (QED) is 0.795. The summed E-state index contributed by atoms with van der Waals surface area (Å²) in [5, 5.41) is 9.12. The standard InChI is InChI=1S/C12H14O4/c1-6(2)10-9(12(14)15)8(5-13)11(16-10)7-3-4-7/h5-7H,3-4H2,1-2H3,(H,14,15). The van der Waals surface area contributed by atoms with Crippen LogP contribution in [0.25, 0.3) is 0 Å². The lowest BCUT2D eigenvalue weighted by Crippen LogP contribution is -2.04. The number of furan rings is 1.